The summed E-state index contributed by atoms with van der Waals surface area (Å²) in [7, 11) is 0. The van der Waals surface area contributed by atoms with E-state index >= 15 is 0 Å². The molecule has 0 fully saturated rings. The van der Waals surface area contributed by atoms with Crippen LogP contribution in [0.4, 0.5) is 0 Å². The highest BCUT2D eigenvalue weighted by Gasteiger charge is 2.45. The summed E-state index contributed by atoms with van der Waals surface area (Å²) in [5.74, 6) is -1.06. The molecule has 0 aliphatic heterocycles. The molecule has 0 atom stereocenters. The third kappa shape index (κ3) is 2.48. The molecule has 0 amide bonds. The smallest absolute Gasteiger partial charge is 0.324 e. The van der Waals surface area contributed by atoms with Gasteiger partial charge in [0.1, 0.15) is 11.1 Å². The lowest BCUT2D eigenvalue weighted by atomic mass is 9.81. The minimum absolute atomic E-state index is 0.169. The molecular formula is C20H22N2O4. The Balaban J connectivity index is 2.42. The molecule has 1 aliphatic rings. The quantitative estimate of drug-likeness (QED) is 0.531. The van der Waals surface area contributed by atoms with Gasteiger partial charge in [-0.05, 0) is 37.8 Å². The number of fused-ring (bicyclic) bond motifs is 2. The van der Waals surface area contributed by atoms with Crippen molar-refractivity contribution < 1.29 is 19.0 Å². The van der Waals surface area contributed by atoms with Crippen molar-refractivity contribution >= 4 is 11.6 Å². The van der Waals surface area contributed by atoms with Crippen molar-refractivity contribution in [3.8, 4) is 0 Å². The van der Waals surface area contributed by atoms with Crippen molar-refractivity contribution in [3.05, 3.63) is 67.6 Å². The number of aromatic nitrogens is 2. The van der Waals surface area contributed by atoms with E-state index in [-0.39, 0.29) is 28.3 Å². The molecule has 2 heterocycles. The molecule has 26 heavy (non-hydrogen) atoms. The van der Waals surface area contributed by atoms with Crippen LogP contribution in [0.15, 0.2) is 12.4 Å². The zero-order valence-electron chi connectivity index (χ0n) is 15.5. The maximum Gasteiger partial charge on any atom is 0.324 e. The number of carbonyl (C=O) groups excluding carboxylic acids is 2. The van der Waals surface area contributed by atoms with Gasteiger partial charge in [0.2, 0.25) is 5.78 Å². The molecule has 136 valence electrons. The Kier molecular flexibility index (Phi) is 4.52. The maximum atomic E-state index is 13.4. The summed E-state index contributed by atoms with van der Waals surface area (Å²) in [4.78, 5) is 26.4. The van der Waals surface area contributed by atoms with E-state index in [0.29, 0.717) is 33.4 Å². The van der Waals surface area contributed by atoms with Crippen molar-refractivity contribution in [3.63, 3.8) is 0 Å². The fraction of sp³-hybridized carbons (Fsp3) is 0.400. The highest BCUT2D eigenvalue weighted by Crippen LogP contribution is 2.31. The van der Waals surface area contributed by atoms with Gasteiger partial charge >= 0.3 is 5.78 Å². The summed E-state index contributed by atoms with van der Waals surface area (Å²) in [6.07, 6.45) is 5.38. The molecule has 2 aromatic rings. The van der Waals surface area contributed by atoms with Gasteiger partial charge in [0.05, 0.1) is 0 Å². The topological polar surface area (TPSA) is 88.0 Å². The van der Waals surface area contributed by atoms with Crippen LogP contribution in [0, 0.1) is 24.3 Å². The van der Waals surface area contributed by atoms with E-state index in [1.54, 1.807) is 13.8 Å². The van der Waals surface area contributed by atoms with Crippen LogP contribution in [-0.2, 0) is 12.8 Å². The minimum atomic E-state index is -0.672. The first-order valence-electron chi connectivity index (χ1n) is 8.94. The lowest BCUT2D eigenvalue weighted by Gasteiger charge is -2.22. The molecule has 0 spiro atoms. The van der Waals surface area contributed by atoms with E-state index in [2.05, 4.69) is 0 Å². The monoisotopic (exact) mass is 354 g/mol. The second-order valence-corrected chi connectivity index (χ2v) is 6.84. The van der Waals surface area contributed by atoms with E-state index in [0.717, 1.165) is 24.0 Å². The standard InChI is InChI=1S/C20H22N2O4/c1-5-7-13-11(3)9-21(25)17-15(13)19(23)16-14(8-6-2)12(4)10-22(26)18(16)20(17)24/h9-10H,5-8H2,1-4H3. The number of rotatable bonds is 4. The van der Waals surface area contributed by atoms with Crippen molar-refractivity contribution in [1.29, 1.82) is 0 Å². The molecular weight excluding hydrogens is 332 g/mol. The van der Waals surface area contributed by atoms with Crippen LogP contribution in [0.3, 0.4) is 0 Å². The lowest BCUT2D eigenvalue weighted by molar-refractivity contribution is -0.616. The van der Waals surface area contributed by atoms with Gasteiger partial charge in [-0.1, -0.05) is 26.7 Å². The molecule has 6 heteroatoms. The van der Waals surface area contributed by atoms with Gasteiger partial charge in [0.15, 0.2) is 12.4 Å². The first-order chi connectivity index (χ1) is 12.3. The van der Waals surface area contributed by atoms with Gasteiger partial charge < -0.3 is 10.4 Å². The number of hydrogen-bond acceptors (Lipinski definition) is 4. The summed E-state index contributed by atoms with van der Waals surface area (Å²) in [5.41, 5.74) is 2.69. The summed E-state index contributed by atoms with van der Waals surface area (Å²) in [6, 6.07) is 0. The lowest BCUT2D eigenvalue weighted by Crippen LogP contribution is -2.48. The average Bonchev–Trinajstić information content (AvgIpc) is 2.57. The summed E-state index contributed by atoms with van der Waals surface area (Å²) < 4.78 is 0.874. The third-order valence-electron chi connectivity index (χ3n) is 4.98. The second kappa shape index (κ2) is 6.52. The highest BCUT2D eigenvalue weighted by molar-refractivity contribution is 6.27. The van der Waals surface area contributed by atoms with Crippen LogP contribution in [0.5, 0.6) is 0 Å². The first-order valence-corrected chi connectivity index (χ1v) is 8.94. The van der Waals surface area contributed by atoms with E-state index in [1.165, 1.54) is 12.4 Å². The number of nitrogens with zero attached hydrogens (tertiary/aromatic N) is 2. The normalized spacial score (nSPS) is 12.9. The number of pyridine rings is 2. The second-order valence-electron chi connectivity index (χ2n) is 6.84. The Morgan fingerprint density at radius 1 is 0.769 bits per heavy atom. The van der Waals surface area contributed by atoms with Crippen LogP contribution >= 0.6 is 0 Å². The largest absolute Gasteiger partial charge is 0.618 e. The first kappa shape index (κ1) is 18.0. The Morgan fingerprint density at radius 2 is 1.15 bits per heavy atom. The Labute approximate surface area is 152 Å². The summed E-state index contributed by atoms with van der Waals surface area (Å²) in [6.45, 7) is 7.49. The van der Waals surface area contributed by atoms with Crippen LogP contribution in [0.25, 0.3) is 0 Å². The molecule has 3 rings (SSSR count). The molecule has 0 unspecified atom stereocenters. The maximum absolute atomic E-state index is 13.4. The van der Waals surface area contributed by atoms with Gasteiger partial charge in [0, 0.05) is 11.1 Å². The number of carbonyl (C=O) groups is 2. The molecule has 0 radical (unpaired) electrons. The van der Waals surface area contributed by atoms with Crippen molar-refractivity contribution in [2.75, 3.05) is 0 Å². The van der Waals surface area contributed by atoms with Gasteiger partial charge in [-0.2, -0.15) is 9.46 Å². The molecule has 2 aromatic heterocycles. The SMILES string of the molecule is CCCc1c(C)c[n+]([O-])c2c1C(=O)c1c(CCC)c(C)c[n+]([O-])c1C2=O. The summed E-state index contributed by atoms with van der Waals surface area (Å²) >= 11 is 0. The Hall–Kier alpha value is -2.76. The zero-order chi connectivity index (χ0) is 19.2. The predicted molar refractivity (Wildman–Crippen MR) is 95.1 cm³/mol. The predicted octanol–water partition coefficient (Wildman–Crippen LogP) is 2.25. The van der Waals surface area contributed by atoms with E-state index < -0.39 is 5.78 Å². The fourth-order valence-electron chi connectivity index (χ4n) is 3.84. The molecule has 0 bridgehead atoms. The van der Waals surface area contributed by atoms with Gasteiger partial charge in [-0.3, -0.25) is 9.59 Å². The van der Waals surface area contributed by atoms with Crippen LogP contribution < -0.4 is 9.46 Å². The molecule has 0 N–H and O–H groups in total. The van der Waals surface area contributed by atoms with Crippen molar-refractivity contribution in [1.82, 2.24) is 0 Å². The molecule has 6 nitrogen and oxygen atoms in total. The van der Waals surface area contributed by atoms with E-state index in [4.69, 9.17) is 0 Å². The molecule has 0 saturated heterocycles. The number of hydrogen-bond donors (Lipinski definition) is 0. The number of aryl methyl sites for hydroxylation is 2. The van der Waals surface area contributed by atoms with Gasteiger partial charge in [-0.25, -0.2) is 0 Å². The fourth-order valence-corrected chi connectivity index (χ4v) is 3.84. The van der Waals surface area contributed by atoms with Gasteiger partial charge in [-0.15, -0.1) is 0 Å². The Bertz CT molecular complexity index is 874. The number of ketones is 2. The van der Waals surface area contributed by atoms with E-state index in [1.807, 2.05) is 13.8 Å². The van der Waals surface area contributed by atoms with Gasteiger partial charge in [0.25, 0.3) is 11.4 Å². The molecule has 0 aromatic carbocycles. The Morgan fingerprint density at radius 3 is 1.50 bits per heavy atom. The zero-order valence-corrected chi connectivity index (χ0v) is 15.5. The average molecular weight is 354 g/mol. The van der Waals surface area contributed by atoms with Crippen molar-refractivity contribution in [2.24, 2.45) is 0 Å². The summed E-state index contributed by atoms with van der Waals surface area (Å²) in [5, 5.41) is 24.9. The van der Waals surface area contributed by atoms with Crippen LogP contribution in [0.2, 0.25) is 0 Å². The van der Waals surface area contributed by atoms with Crippen LogP contribution in [-0.4, -0.2) is 11.6 Å². The third-order valence-corrected chi connectivity index (χ3v) is 4.98. The van der Waals surface area contributed by atoms with E-state index in [9.17, 15) is 20.0 Å². The van der Waals surface area contributed by atoms with Crippen LogP contribution in [0.1, 0.15) is 81.0 Å². The molecule has 1 aliphatic carbocycles. The molecule has 0 saturated carbocycles. The van der Waals surface area contributed by atoms with Crippen molar-refractivity contribution in [2.45, 2.75) is 53.4 Å². The highest BCUT2D eigenvalue weighted by atomic mass is 16.5. The minimum Gasteiger partial charge on any atom is -0.618 e.